The van der Waals surface area contributed by atoms with Crippen molar-refractivity contribution in [1.82, 2.24) is 9.80 Å². The van der Waals surface area contributed by atoms with Gasteiger partial charge in [-0.2, -0.15) is 0 Å². The van der Waals surface area contributed by atoms with Crippen LogP contribution in [0.1, 0.15) is 78.1 Å². The number of carbonyl (C=O) groups is 2. The molecule has 0 radical (unpaired) electrons. The van der Waals surface area contributed by atoms with E-state index in [2.05, 4.69) is 23.6 Å². The molecule has 0 spiro atoms. The van der Waals surface area contributed by atoms with Gasteiger partial charge in [-0.1, -0.05) is 13.8 Å². The van der Waals surface area contributed by atoms with Gasteiger partial charge in [-0.15, -0.1) is 0 Å². The smallest absolute Gasteiger partial charge is 0.135 e. The molecule has 176 valence electrons. The highest BCUT2D eigenvalue weighted by atomic mass is 16.5. The average Bonchev–Trinajstić information content (AvgIpc) is 2.76. The molecule has 0 atom stereocenters. The molecule has 0 N–H and O–H groups in total. The fourth-order valence-electron chi connectivity index (χ4n) is 3.62. The zero-order valence-corrected chi connectivity index (χ0v) is 19.7. The number of rotatable bonds is 14. The summed E-state index contributed by atoms with van der Waals surface area (Å²) in [6, 6.07) is 0. The molecule has 0 saturated carbocycles. The van der Waals surface area contributed by atoms with E-state index in [-0.39, 0.29) is 0 Å². The second-order valence-electron chi connectivity index (χ2n) is 8.40. The Balaban J connectivity index is 0.000000300. The fraction of sp³-hybridized carbons (Fsp3) is 0.917. The van der Waals surface area contributed by atoms with Gasteiger partial charge < -0.3 is 19.3 Å². The SMILES string of the molecule is CCCOCCCCN1CCC(=O)CC1.CCCOCCCCN1CCC(=O)CC1. The van der Waals surface area contributed by atoms with Gasteiger partial charge in [0.05, 0.1) is 0 Å². The molecule has 0 aliphatic carbocycles. The number of ether oxygens (including phenoxy) is 2. The van der Waals surface area contributed by atoms with Crippen LogP contribution < -0.4 is 0 Å². The summed E-state index contributed by atoms with van der Waals surface area (Å²) in [7, 11) is 0. The Kier molecular flexibility index (Phi) is 17.2. The van der Waals surface area contributed by atoms with Gasteiger partial charge in [-0.3, -0.25) is 9.59 Å². The Morgan fingerprint density at radius 3 is 1.30 bits per heavy atom. The first kappa shape index (κ1) is 27.2. The van der Waals surface area contributed by atoms with Gasteiger partial charge in [0.2, 0.25) is 0 Å². The predicted molar refractivity (Wildman–Crippen MR) is 122 cm³/mol. The molecule has 30 heavy (non-hydrogen) atoms. The largest absolute Gasteiger partial charge is 0.381 e. The molecule has 2 aliphatic rings. The van der Waals surface area contributed by atoms with E-state index < -0.39 is 0 Å². The molecule has 2 heterocycles. The summed E-state index contributed by atoms with van der Waals surface area (Å²) in [5, 5.41) is 0. The standard InChI is InChI=1S/2C12H23NO2/c2*1-2-10-15-11-4-3-7-13-8-5-12(14)6-9-13/h2*2-11H2,1H3. The summed E-state index contributed by atoms with van der Waals surface area (Å²) < 4.78 is 10.8. The summed E-state index contributed by atoms with van der Waals surface area (Å²) in [6.45, 7) is 13.9. The van der Waals surface area contributed by atoms with E-state index in [1.165, 1.54) is 12.8 Å². The topological polar surface area (TPSA) is 59.1 Å². The van der Waals surface area contributed by atoms with Gasteiger partial charge in [0.25, 0.3) is 0 Å². The highest BCUT2D eigenvalue weighted by Gasteiger charge is 2.15. The van der Waals surface area contributed by atoms with Crippen molar-refractivity contribution >= 4 is 11.6 Å². The highest BCUT2D eigenvalue weighted by Crippen LogP contribution is 2.07. The summed E-state index contributed by atoms with van der Waals surface area (Å²) in [5.74, 6) is 0.857. The zero-order valence-electron chi connectivity index (χ0n) is 19.7. The number of ketones is 2. The highest BCUT2D eigenvalue weighted by molar-refractivity contribution is 5.79. The molecule has 0 unspecified atom stereocenters. The fourth-order valence-corrected chi connectivity index (χ4v) is 3.62. The Hall–Kier alpha value is -0.820. The third-order valence-electron chi connectivity index (χ3n) is 5.55. The Bertz CT molecular complexity index is 385. The molecule has 2 rings (SSSR count). The maximum Gasteiger partial charge on any atom is 0.135 e. The first-order chi connectivity index (χ1) is 14.7. The van der Waals surface area contributed by atoms with E-state index in [0.29, 0.717) is 11.6 Å². The van der Waals surface area contributed by atoms with Crippen LogP contribution >= 0.6 is 0 Å². The Labute approximate surface area is 184 Å². The van der Waals surface area contributed by atoms with Gasteiger partial charge in [0.15, 0.2) is 0 Å². The third kappa shape index (κ3) is 15.1. The van der Waals surface area contributed by atoms with Crippen molar-refractivity contribution in [3.8, 4) is 0 Å². The lowest BCUT2D eigenvalue weighted by atomic mass is 10.1. The molecule has 2 aliphatic heterocycles. The lowest BCUT2D eigenvalue weighted by Gasteiger charge is -2.25. The average molecular weight is 427 g/mol. The first-order valence-electron chi connectivity index (χ1n) is 12.3. The summed E-state index contributed by atoms with van der Waals surface area (Å²) in [6.07, 6.45) is 9.91. The van der Waals surface area contributed by atoms with Crippen molar-refractivity contribution in [3.05, 3.63) is 0 Å². The quantitative estimate of drug-likeness (QED) is 0.395. The van der Waals surface area contributed by atoms with Crippen LogP contribution in [0.3, 0.4) is 0 Å². The minimum atomic E-state index is 0.428. The van der Waals surface area contributed by atoms with Crippen molar-refractivity contribution in [2.75, 3.05) is 65.7 Å². The van der Waals surface area contributed by atoms with Gasteiger partial charge >= 0.3 is 0 Å². The predicted octanol–water partition coefficient (Wildman–Crippen LogP) is 3.72. The van der Waals surface area contributed by atoms with Crippen LogP contribution in [-0.2, 0) is 19.1 Å². The zero-order chi connectivity index (χ0) is 21.9. The maximum absolute atomic E-state index is 11.0. The van der Waals surface area contributed by atoms with Crippen LogP contribution in [0.15, 0.2) is 0 Å². The third-order valence-corrected chi connectivity index (χ3v) is 5.55. The van der Waals surface area contributed by atoms with Crippen LogP contribution in [0.4, 0.5) is 0 Å². The molecular formula is C24H46N2O4. The number of carbonyl (C=O) groups excluding carboxylic acids is 2. The van der Waals surface area contributed by atoms with Crippen molar-refractivity contribution in [2.45, 2.75) is 78.1 Å². The van der Waals surface area contributed by atoms with Crippen molar-refractivity contribution in [3.63, 3.8) is 0 Å². The number of piperidine rings is 2. The molecule has 6 nitrogen and oxygen atoms in total. The van der Waals surface area contributed by atoms with Crippen molar-refractivity contribution in [1.29, 1.82) is 0 Å². The van der Waals surface area contributed by atoms with Crippen LogP contribution in [0.25, 0.3) is 0 Å². The number of nitrogens with zero attached hydrogens (tertiary/aromatic N) is 2. The Morgan fingerprint density at radius 1 is 0.600 bits per heavy atom. The molecule has 0 aromatic rings. The summed E-state index contributed by atoms with van der Waals surface area (Å²) >= 11 is 0. The van der Waals surface area contributed by atoms with Crippen LogP contribution in [-0.4, -0.2) is 87.1 Å². The van der Waals surface area contributed by atoms with Gasteiger partial charge in [-0.25, -0.2) is 0 Å². The molecule has 2 fully saturated rings. The van der Waals surface area contributed by atoms with E-state index in [9.17, 15) is 9.59 Å². The number of Topliss-reactive ketones (excluding diaryl/α,β-unsaturated/α-hetero) is 2. The van der Waals surface area contributed by atoms with Gasteiger partial charge in [0, 0.05) is 78.3 Å². The van der Waals surface area contributed by atoms with Gasteiger partial charge in [0.1, 0.15) is 11.6 Å². The number of hydrogen-bond donors (Lipinski definition) is 0. The molecule has 0 bridgehead atoms. The first-order valence-corrected chi connectivity index (χ1v) is 12.3. The summed E-state index contributed by atoms with van der Waals surface area (Å²) in [4.78, 5) is 26.8. The second kappa shape index (κ2) is 18.9. The molecular weight excluding hydrogens is 380 g/mol. The molecule has 0 amide bonds. The van der Waals surface area contributed by atoms with E-state index in [1.54, 1.807) is 0 Å². The number of likely N-dealkylation sites (tertiary alicyclic amines) is 2. The molecule has 2 saturated heterocycles. The normalized spacial score (nSPS) is 18.3. The minimum absolute atomic E-state index is 0.428. The maximum atomic E-state index is 11.0. The number of unbranched alkanes of at least 4 members (excludes halogenated alkanes) is 2. The number of hydrogen-bond acceptors (Lipinski definition) is 6. The van der Waals surface area contributed by atoms with E-state index in [4.69, 9.17) is 9.47 Å². The molecule has 0 aromatic carbocycles. The van der Waals surface area contributed by atoms with Gasteiger partial charge in [-0.05, 0) is 51.6 Å². The minimum Gasteiger partial charge on any atom is -0.381 e. The van der Waals surface area contributed by atoms with Crippen LogP contribution in [0.5, 0.6) is 0 Å². The van der Waals surface area contributed by atoms with Crippen LogP contribution in [0.2, 0.25) is 0 Å². The summed E-state index contributed by atoms with van der Waals surface area (Å²) in [5.41, 5.74) is 0. The Morgan fingerprint density at radius 2 is 0.967 bits per heavy atom. The van der Waals surface area contributed by atoms with E-state index >= 15 is 0 Å². The second-order valence-corrected chi connectivity index (χ2v) is 8.40. The van der Waals surface area contributed by atoms with Crippen molar-refractivity contribution < 1.29 is 19.1 Å². The molecule has 6 heteroatoms. The van der Waals surface area contributed by atoms with E-state index in [0.717, 1.165) is 117 Å². The molecule has 0 aromatic heterocycles. The monoisotopic (exact) mass is 426 g/mol. The van der Waals surface area contributed by atoms with Crippen molar-refractivity contribution in [2.24, 2.45) is 0 Å². The van der Waals surface area contributed by atoms with Crippen LogP contribution in [0, 0.1) is 0 Å². The van der Waals surface area contributed by atoms with E-state index in [1.807, 2.05) is 0 Å². The lowest BCUT2D eigenvalue weighted by Crippen LogP contribution is -2.34. The lowest BCUT2D eigenvalue weighted by molar-refractivity contribution is -0.122.